The van der Waals surface area contributed by atoms with E-state index in [-0.39, 0.29) is 53.9 Å². The van der Waals surface area contributed by atoms with Gasteiger partial charge in [-0.3, -0.25) is 43.9 Å². The van der Waals surface area contributed by atoms with Crippen molar-refractivity contribution in [2.24, 2.45) is 11.8 Å². The van der Waals surface area contributed by atoms with Crippen molar-refractivity contribution < 1.29 is 37.8 Å². The van der Waals surface area contributed by atoms with Gasteiger partial charge in [0.15, 0.2) is 11.5 Å². The number of halogens is 1. The highest BCUT2D eigenvalue weighted by molar-refractivity contribution is 7.98. The minimum Gasteiger partial charge on any atom is -0.448 e. The average Bonchev–Trinajstić information content (AvgIpc) is 3.82. The van der Waals surface area contributed by atoms with Crippen LogP contribution in [0.3, 0.4) is 0 Å². The molecular weight excluding hydrogens is 904 g/mol. The van der Waals surface area contributed by atoms with Gasteiger partial charge in [0.1, 0.15) is 12.2 Å². The molecule has 16 nitrogen and oxygen atoms in total. The Kier molecular flexibility index (Phi) is 13.0. The molecule has 2 saturated carbocycles. The van der Waals surface area contributed by atoms with Crippen molar-refractivity contribution in [2.45, 2.75) is 127 Å². The minimum absolute atomic E-state index is 0.0754. The zero-order valence-corrected chi connectivity index (χ0v) is 40.7. The molecule has 368 valence electrons. The Morgan fingerprint density at radius 1 is 0.841 bits per heavy atom. The number of pyridine rings is 1. The summed E-state index contributed by atoms with van der Waals surface area (Å²) in [4.78, 5) is 90.0. The molecule has 3 saturated heterocycles. The van der Waals surface area contributed by atoms with Crippen LogP contribution in [0.1, 0.15) is 119 Å². The highest BCUT2D eigenvalue weighted by Crippen LogP contribution is 2.53. The first-order valence-electron chi connectivity index (χ1n) is 24.7. The number of anilines is 2. The van der Waals surface area contributed by atoms with Crippen LogP contribution in [0.2, 0.25) is 0 Å². The molecule has 2 aliphatic carbocycles. The van der Waals surface area contributed by atoms with E-state index in [1.807, 2.05) is 45.2 Å². The molecule has 3 aromatic rings. The van der Waals surface area contributed by atoms with Gasteiger partial charge in [0, 0.05) is 117 Å². The summed E-state index contributed by atoms with van der Waals surface area (Å²) >= 11 is 1.47. The van der Waals surface area contributed by atoms with Gasteiger partial charge in [0.2, 0.25) is 11.8 Å². The van der Waals surface area contributed by atoms with Crippen molar-refractivity contribution in [1.82, 2.24) is 30.7 Å². The molecule has 0 bridgehead atoms. The lowest BCUT2D eigenvalue weighted by Gasteiger charge is -2.41. The Morgan fingerprint density at radius 3 is 2.25 bits per heavy atom. The van der Waals surface area contributed by atoms with Gasteiger partial charge < -0.3 is 34.9 Å². The number of carbonyl (C=O) groups is 5. The Bertz CT molecular complexity index is 2620. The third-order valence-corrected chi connectivity index (χ3v) is 16.7. The molecule has 2 atom stereocenters. The molecule has 10 rings (SSSR count). The van der Waals surface area contributed by atoms with Gasteiger partial charge in [-0.2, -0.15) is 0 Å². The Balaban J connectivity index is 0.793. The molecule has 5 aliphatic heterocycles. The molecule has 69 heavy (non-hydrogen) atoms. The largest absolute Gasteiger partial charge is 0.448 e. The van der Waals surface area contributed by atoms with E-state index in [0.29, 0.717) is 53.0 Å². The predicted molar refractivity (Wildman–Crippen MR) is 259 cm³/mol. The van der Waals surface area contributed by atoms with E-state index in [9.17, 15) is 33.2 Å². The predicted octanol–water partition coefficient (Wildman–Crippen LogP) is 5.22. The fraction of sp³-hybridized carbons (Fsp3) is 0.569. The fourth-order valence-corrected chi connectivity index (χ4v) is 12.4. The molecule has 1 aromatic heterocycles. The monoisotopic (exact) mass is 966 g/mol. The van der Waals surface area contributed by atoms with Crippen molar-refractivity contribution in [2.75, 3.05) is 61.9 Å². The molecule has 0 radical (unpaired) electrons. The first-order chi connectivity index (χ1) is 33.2. The van der Waals surface area contributed by atoms with Crippen LogP contribution in [-0.4, -0.2) is 126 Å². The van der Waals surface area contributed by atoms with Crippen LogP contribution in [0.5, 0.6) is 11.5 Å². The first kappa shape index (κ1) is 47.2. The highest BCUT2D eigenvalue weighted by Gasteiger charge is 2.49. The molecule has 6 heterocycles. The maximum absolute atomic E-state index is 14.2. The summed E-state index contributed by atoms with van der Waals surface area (Å²) in [6.45, 7) is 11.5. The Labute approximate surface area is 405 Å². The third-order valence-electron chi connectivity index (χ3n) is 15.8. The van der Waals surface area contributed by atoms with Gasteiger partial charge in [0.25, 0.3) is 29.1 Å². The van der Waals surface area contributed by atoms with Crippen LogP contribution < -0.4 is 40.8 Å². The SMILES string of the molecule is CSc1cc(C)[nH]c(=O)c1CNC(=O)c1cc(N2CCN(CC3CCN(c4ccc5c(c4)C(=O)N(C4CCC(=O)NC4=O)C5=O)CC3)CC2)c2c(c1C)OC(C)(C1CCC(N[C@H]3C[C@@H](F)C3)CC1)O2. The van der Waals surface area contributed by atoms with Crippen molar-refractivity contribution in [3.8, 4) is 11.5 Å². The second kappa shape index (κ2) is 19.0. The van der Waals surface area contributed by atoms with E-state index in [2.05, 4.69) is 35.6 Å². The second-order valence-corrected chi connectivity index (χ2v) is 21.2. The van der Waals surface area contributed by atoms with Crippen LogP contribution in [0.25, 0.3) is 0 Å². The van der Waals surface area contributed by atoms with E-state index in [1.54, 1.807) is 12.1 Å². The Morgan fingerprint density at radius 2 is 1.55 bits per heavy atom. The lowest BCUT2D eigenvalue weighted by atomic mass is 9.80. The molecule has 5 fully saturated rings. The summed E-state index contributed by atoms with van der Waals surface area (Å²) in [7, 11) is 0. The number of amides is 5. The van der Waals surface area contributed by atoms with Crippen molar-refractivity contribution in [3.63, 3.8) is 0 Å². The molecule has 4 N–H and O–H groups in total. The zero-order valence-electron chi connectivity index (χ0n) is 39.9. The Hall–Kier alpha value is -5.46. The topological polar surface area (TPSA) is 186 Å². The van der Waals surface area contributed by atoms with E-state index >= 15 is 0 Å². The van der Waals surface area contributed by atoms with Gasteiger partial charge in [0.05, 0.1) is 16.8 Å². The summed E-state index contributed by atoms with van der Waals surface area (Å²) in [6.07, 6.45) is 8.24. The quantitative estimate of drug-likeness (QED) is 0.137. The minimum atomic E-state index is -0.997. The van der Waals surface area contributed by atoms with Crippen LogP contribution in [0.4, 0.5) is 15.8 Å². The van der Waals surface area contributed by atoms with E-state index in [4.69, 9.17) is 9.47 Å². The molecule has 5 amide bonds. The standard InChI is InChI=1S/C51H63FN8O8S/c1-28-21-42(69-4)39(47(63)54-28)26-53-46(62)37-25-41(45-44(29(37)2)67-51(3,68-45)31-5-7-33(8-6-31)55-34-22-32(52)23-34)59-19-17-57(18-20-59)27-30-13-15-58(16-14-30)35-9-10-36-38(24-35)50(66)60(49(36)65)40-11-12-43(61)56-48(40)64/h9-10,21,24-25,30-34,40,55H,5-8,11-20,22-23,26-27H2,1-4H3,(H,53,62)(H,54,63)(H,56,61,64)/t31?,32-,33?,34+,40?,51?. The second-order valence-electron chi connectivity index (χ2n) is 20.3. The number of piperazine rings is 1. The van der Waals surface area contributed by atoms with Gasteiger partial charge in [-0.25, -0.2) is 4.39 Å². The number of ether oxygens (including phenoxy) is 2. The maximum atomic E-state index is 14.2. The van der Waals surface area contributed by atoms with Gasteiger partial charge >= 0.3 is 0 Å². The number of fused-ring (bicyclic) bond motifs is 2. The average molecular weight is 967 g/mol. The molecule has 18 heteroatoms. The number of aromatic nitrogens is 1. The maximum Gasteiger partial charge on any atom is 0.262 e. The molecular formula is C51H63FN8O8S. The number of aryl methyl sites for hydroxylation is 1. The number of thioether (sulfide) groups is 1. The summed E-state index contributed by atoms with van der Waals surface area (Å²) in [5.41, 5.74) is 4.49. The van der Waals surface area contributed by atoms with Gasteiger partial charge in [-0.05, 0) is 114 Å². The number of nitrogens with one attached hydrogen (secondary N) is 4. The van der Waals surface area contributed by atoms with Crippen LogP contribution in [0, 0.1) is 25.7 Å². The van der Waals surface area contributed by atoms with Crippen LogP contribution in [-0.2, 0) is 16.1 Å². The highest BCUT2D eigenvalue weighted by atomic mass is 32.2. The van der Waals surface area contributed by atoms with E-state index in [1.165, 1.54) is 11.8 Å². The molecule has 0 spiro atoms. The number of hydrogen-bond acceptors (Lipinski definition) is 13. The number of imide groups is 2. The summed E-state index contributed by atoms with van der Waals surface area (Å²) in [6, 6.07) is 8.79. The van der Waals surface area contributed by atoms with Crippen molar-refractivity contribution in [1.29, 1.82) is 0 Å². The summed E-state index contributed by atoms with van der Waals surface area (Å²) < 4.78 is 27.4. The van der Waals surface area contributed by atoms with Crippen LogP contribution in [0.15, 0.2) is 40.0 Å². The van der Waals surface area contributed by atoms with E-state index in [0.717, 1.165) is 111 Å². The number of H-pyrrole nitrogens is 1. The number of aromatic amines is 1. The lowest BCUT2D eigenvalue weighted by Crippen LogP contribution is -2.54. The number of alkyl halides is 1. The van der Waals surface area contributed by atoms with Crippen molar-refractivity contribution in [3.05, 3.63) is 74.2 Å². The number of hydrogen-bond donors (Lipinski definition) is 4. The fourth-order valence-electron chi connectivity index (χ4n) is 11.7. The smallest absolute Gasteiger partial charge is 0.262 e. The number of carbonyl (C=O) groups excluding carboxylic acids is 5. The van der Waals surface area contributed by atoms with E-state index < -0.39 is 41.6 Å². The lowest BCUT2D eigenvalue weighted by molar-refractivity contribution is -0.136. The van der Waals surface area contributed by atoms with Crippen molar-refractivity contribution >= 4 is 52.7 Å². The molecule has 2 unspecified atom stereocenters. The summed E-state index contributed by atoms with van der Waals surface area (Å²) in [5, 5.41) is 8.96. The number of piperidine rings is 2. The van der Waals surface area contributed by atoms with Crippen LogP contribution >= 0.6 is 11.8 Å². The number of benzene rings is 2. The third kappa shape index (κ3) is 9.24. The number of nitrogens with zero attached hydrogens (tertiary/aromatic N) is 4. The normalized spacial score (nSPS) is 27.4. The van der Waals surface area contributed by atoms with Gasteiger partial charge in [-0.1, -0.05) is 0 Å². The molecule has 7 aliphatic rings. The summed E-state index contributed by atoms with van der Waals surface area (Å²) in [5.74, 6) is -1.41. The first-order valence-corrected chi connectivity index (χ1v) is 26.0. The zero-order chi connectivity index (χ0) is 48.3. The number of rotatable bonds is 12. The van der Waals surface area contributed by atoms with Gasteiger partial charge in [-0.15, -0.1) is 11.8 Å². The molecule has 2 aromatic carbocycles.